The van der Waals surface area contributed by atoms with Gasteiger partial charge in [0.1, 0.15) is 5.82 Å². The molecule has 94 valence electrons. The van der Waals surface area contributed by atoms with Crippen molar-refractivity contribution in [3.8, 4) is 0 Å². The maximum atomic E-state index is 4.25. The molecule has 0 spiro atoms. The Kier molecular flexibility index (Phi) is 4.00. The summed E-state index contributed by atoms with van der Waals surface area (Å²) in [5.74, 6) is 1.84. The van der Waals surface area contributed by atoms with Crippen molar-refractivity contribution in [2.24, 2.45) is 5.92 Å². The Morgan fingerprint density at radius 3 is 3.00 bits per heavy atom. The first-order valence-electron chi connectivity index (χ1n) is 6.55. The van der Waals surface area contributed by atoms with Gasteiger partial charge in [-0.15, -0.1) is 0 Å². The molecule has 1 fully saturated rings. The first-order chi connectivity index (χ1) is 8.19. The number of hydrogen-bond donors (Lipinski definition) is 1. The number of piperidine rings is 1. The van der Waals surface area contributed by atoms with Crippen LogP contribution in [-0.2, 0) is 6.54 Å². The normalized spacial score (nSPS) is 25.8. The van der Waals surface area contributed by atoms with Crippen LogP contribution < -0.4 is 5.32 Å². The molecule has 0 radical (unpaired) electrons. The van der Waals surface area contributed by atoms with Gasteiger partial charge < -0.3 is 5.32 Å². The molecule has 1 aliphatic rings. The smallest absolute Gasteiger partial charge is 0.125 e. The number of anilines is 1. The van der Waals surface area contributed by atoms with Gasteiger partial charge in [0.2, 0.25) is 0 Å². The second-order valence-corrected chi connectivity index (χ2v) is 5.25. The van der Waals surface area contributed by atoms with Crippen molar-refractivity contribution in [3.63, 3.8) is 0 Å². The zero-order valence-corrected chi connectivity index (χ0v) is 11.1. The highest BCUT2D eigenvalue weighted by atomic mass is 15.2. The molecule has 0 aromatic carbocycles. The molecule has 2 heterocycles. The SMILES string of the molecule is CNc1cc(CN2CCC(C)CC2C)ccn1. The fraction of sp³-hybridized carbons (Fsp3) is 0.643. The number of nitrogens with zero attached hydrogens (tertiary/aromatic N) is 2. The Morgan fingerprint density at radius 1 is 1.47 bits per heavy atom. The minimum Gasteiger partial charge on any atom is -0.373 e. The quantitative estimate of drug-likeness (QED) is 0.870. The van der Waals surface area contributed by atoms with E-state index in [4.69, 9.17) is 0 Å². The molecule has 1 aliphatic heterocycles. The van der Waals surface area contributed by atoms with Crippen LogP contribution >= 0.6 is 0 Å². The van der Waals surface area contributed by atoms with Gasteiger partial charge in [-0.05, 0) is 49.9 Å². The number of rotatable bonds is 3. The van der Waals surface area contributed by atoms with E-state index in [0.29, 0.717) is 6.04 Å². The summed E-state index contributed by atoms with van der Waals surface area (Å²) in [6, 6.07) is 4.96. The average molecular weight is 233 g/mol. The molecule has 1 saturated heterocycles. The van der Waals surface area contributed by atoms with Crippen LogP contribution in [0.1, 0.15) is 32.3 Å². The molecule has 1 aromatic heterocycles. The Hall–Kier alpha value is -1.09. The van der Waals surface area contributed by atoms with Crippen LogP contribution in [0.4, 0.5) is 5.82 Å². The Morgan fingerprint density at radius 2 is 2.29 bits per heavy atom. The molecule has 0 amide bonds. The first kappa shape index (κ1) is 12.4. The van der Waals surface area contributed by atoms with Gasteiger partial charge in [-0.3, -0.25) is 4.90 Å². The van der Waals surface area contributed by atoms with Gasteiger partial charge in [-0.1, -0.05) is 6.92 Å². The molecule has 1 N–H and O–H groups in total. The van der Waals surface area contributed by atoms with E-state index in [1.54, 1.807) is 0 Å². The molecule has 3 nitrogen and oxygen atoms in total. The number of hydrogen-bond acceptors (Lipinski definition) is 3. The Labute approximate surface area is 104 Å². The maximum absolute atomic E-state index is 4.25. The van der Waals surface area contributed by atoms with Gasteiger partial charge in [0, 0.05) is 25.8 Å². The molecular weight excluding hydrogens is 210 g/mol. The van der Waals surface area contributed by atoms with Crippen LogP contribution in [0.5, 0.6) is 0 Å². The zero-order chi connectivity index (χ0) is 12.3. The Balaban J connectivity index is 2.00. The summed E-state index contributed by atoms with van der Waals surface area (Å²) in [7, 11) is 1.91. The number of nitrogens with one attached hydrogen (secondary N) is 1. The summed E-state index contributed by atoms with van der Waals surface area (Å²) in [6.07, 6.45) is 4.54. The Bertz CT molecular complexity index is 364. The topological polar surface area (TPSA) is 28.2 Å². The molecule has 3 heteroatoms. The lowest BCUT2D eigenvalue weighted by atomic mass is 9.93. The van der Waals surface area contributed by atoms with Crippen molar-refractivity contribution in [3.05, 3.63) is 23.9 Å². The summed E-state index contributed by atoms with van der Waals surface area (Å²) >= 11 is 0. The number of likely N-dealkylation sites (tertiary alicyclic amines) is 1. The second kappa shape index (κ2) is 5.50. The number of aromatic nitrogens is 1. The third kappa shape index (κ3) is 3.19. The van der Waals surface area contributed by atoms with E-state index in [0.717, 1.165) is 18.3 Å². The van der Waals surface area contributed by atoms with E-state index < -0.39 is 0 Å². The second-order valence-electron chi connectivity index (χ2n) is 5.25. The fourth-order valence-corrected chi connectivity index (χ4v) is 2.63. The van der Waals surface area contributed by atoms with Crippen molar-refractivity contribution in [1.29, 1.82) is 0 Å². The molecule has 0 aliphatic carbocycles. The fourth-order valence-electron chi connectivity index (χ4n) is 2.63. The van der Waals surface area contributed by atoms with E-state index in [-0.39, 0.29) is 0 Å². The predicted octanol–water partition coefficient (Wildman–Crippen LogP) is 2.74. The van der Waals surface area contributed by atoms with Crippen molar-refractivity contribution < 1.29 is 0 Å². The number of pyridine rings is 1. The van der Waals surface area contributed by atoms with E-state index in [9.17, 15) is 0 Å². The minimum atomic E-state index is 0.699. The molecule has 2 unspecified atom stereocenters. The minimum absolute atomic E-state index is 0.699. The van der Waals surface area contributed by atoms with Crippen LogP contribution in [0.15, 0.2) is 18.3 Å². The first-order valence-corrected chi connectivity index (χ1v) is 6.55. The lowest BCUT2D eigenvalue weighted by Crippen LogP contribution is -2.39. The summed E-state index contributed by atoms with van der Waals surface area (Å²) in [4.78, 5) is 6.83. The maximum Gasteiger partial charge on any atom is 0.125 e. The van der Waals surface area contributed by atoms with E-state index in [1.807, 2.05) is 13.2 Å². The lowest BCUT2D eigenvalue weighted by Gasteiger charge is -2.36. The van der Waals surface area contributed by atoms with Crippen molar-refractivity contribution in [1.82, 2.24) is 9.88 Å². The van der Waals surface area contributed by atoms with Gasteiger partial charge >= 0.3 is 0 Å². The third-order valence-corrected chi connectivity index (χ3v) is 3.74. The third-order valence-electron chi connectivity index (χ3n) is 3.74. The summed E-state index contributed by atoms with van der Waals surface area (Å²) < 4.78 is 0. The molecule has 2 rings (SSSR count). The standard InChI is InChI=1S/C14H23N3/c1-11-5-7-17(12(2)8-11)10-13-4-6-16-14(9-13)15-3/h4,6,9,11-12H,5,7-8,10H2,1-3H3,(H,15,16). The van der Waals surface area contributed by atoms with Gasteiger partial charge in [-0.2, -0.15) is 0 Å². The summed E-state index contributed by atoms with van der Waals surface area (Å²) in [5, 5.41) is 3.09. The van der Waals surface area contributed by atoms with Crippen LogP contribution in [0, 0.1) is 5.92 Å². The van der Waals surface area contributed by atoms with Gasteiger partial charge in [-0.25, -0.2) is 4.98 Å². The zero-order valence-electron chi connectivity index (χ0n) is 11.1. The van der Waals surface area contributed by atoms with E-state index in [2.05, 4.69) is 41.2 Å². The summed E-state index contributed by atoms with van der Waals surface area (Å²) in [5.41, 5.74) is 1.35. The molecule has 17 heavy (non-hydrogen) atoms. The highest BCUT2D eigenvalue weighted by Gasteiger charge is 2.22. The molecular formula is C14H23N3. The highest BCUT2D eigenvalue weighted by Crippen LogP contribution is 2.23. The van der Waals surface area contributed by atoms with Crippen molar-refractivity contribution in [2.75, 3.05) is 18.9 Å². The molecule has 0 saturated carbocycles. The van der Waals surface area contributed by atoms with Crippen LogP contribution in [0.3, 0.4) is 0 Å². The van der Waals surface area contributed by atoms with Gasteiger partial charge in [0.05, 0.1) is 0 Å². The van der Waals surface area contributed by atoms with E-state index >= 15 is 0 Å². The lowest BCUT2D eigenvalue weighted by molar-refractivity contribution is 0.122. The predicted molar refractivity (Wildman–Crippen MR) is 72.1 cm³/mol. The molecule has 1 aromatic rings. The molecule has 2 atom stereocenters. The largest absolute Gasteiger partial charge is 0.373 e. The van der Waals surface area contributed by atoms with Crippen LogP contribution in [0.2, 0.25) is 0 Å². The average Bonchev–Trinajstić information content (AvgIpc) is 2.33. The van der Waals surface area contributed by atoms with Crippen LogP contribution in [0.25, 0.3) is 0 Å². The van der Waals surface area contributed by atoms with Gasteiger partial charge in [0.25, 0.3) is 0 Å². The van der Waals surface area contributed by atoms with Crippen LogP contribution in [-0.4, -0.2) is 29.5 Å². The van der Waals surface area contributed by atoms with Crippen molar-refractivity contribution in [2.45, 2.75) is 39.3 Å². The molecule has 0 bridgehead atoms. The summed E-state index contributed by atoms with van der Waals surface area (Å²) in [6.45, 7) is 6.97. The van der Waals surface area contributed by atoms with E-state index in [1.165, 1.54) is 24.9 Å². The highest BCUT2D eigenvalue weighted by molar-refractivity contribution is 5.36. The monoisotopic (exact) mass is 233 g/mol. The van der Waals surface area contributed by atoms with Crippen molar-refractivity contribution >= 4 is 5.82 Å². The van der Waals surface area contributed by atoms with Gasteiger partial charge in [0.15, 0.2) is 0 Å².